The highest BCUT2D eigenvalue weighted by atomic mass is 35.5. The van der Waals surface area contributed by atoms with E-state index in [0.717, 1.165) is 0 Å². The second kappa shape index (κ2) is 6.41. The van der Waals surface area contributed by atoms with Crippen LogP contribution in [-0.2, 0) is 10.1 Å². The Morgan fingerprint density at radius 2 is 1.71 bits per heavy atom. The van der Waals surface area contributed by atoms with Gasteiger partial charge in [0.05, 0.1) is 15.1 Å². The van der Waals surface area contributed by atoms with Crippen LogP contribution in [0.2, 0.25) is 15.1 Å². The zero-order valence-electron chi connectivity index (χ0n) is 12.3. The molecule has 0 aliphatic rings. The average molecular weight is 403 g/mol. The Kier molecular flexibility index (Phi) is 4.62. The van der Waals surface area contributed by atoms with Crippen molar-refractivity contribution in [1.82, 2.24) is 4.98 Å². The Morgan fingerprint density at radius 1 is 1.00 bits per heavy atom. The van der Waals surface area contributed by atoms with Gasteiger partial charge in [0, 0.05) is 11.6 Å². The topological polar surface area (TPSA) is 56.3 Å². The number of rotatable bonds is 3. The SMILES string of the molecule is Cc1cc(Cl)c(Cl)cc1S(=O)(=O)Oc1ccc(Cl)c2cccnc12. The number of hydrogen-bond donors (Lipinski definition) is 0. The molecule has 0 aliphatic heterocycles. The van der Waals surface area contributed by atoms with E-state index in [2.05, 4.69) is 4.98 Å². The third kappa shape index (κ3) is 3.17. The van der Waals surface area contributed by atoms with Gasteiger partial charge in [-0.2, -0.15) is 8.42 Å². The predicted molar refractivity (Wildman–Crippen MR) is 95.8 cm³/mol. The molecule has 1 heterocycles. The normalized spacial score (nSPS) is 11.7. The van der Waals surface area contributed by atoms with Crippen LogP contribution in [0.4, 0.5) is 0 Å². The largest absolute Gasteiger partial charge is 0.377 e. The van der Waals surface area contributed by atoms with Gasteiger partial charge in [-0.25, -0.2) is 0 Å². The van der Waals surface area contributed by atoms with E-state index in [0.29, 0.717) is 21.5 Å². The van der Waals surface area contributed by atoms with Crippen molar-refractivity contribution in [3.8, 4) is 5.75 Å². The quantitative estimate of drug-likeness (QED) is 0.560. The number of aromatic nitrogens is 1. The predicted octanol–water partition coefficient (Wildman–Crippen LogP) is 5.27. The summed E-state index contributed by atoms with van der Waals surface area (Å²) in [7, 11) is -4.11. The first kappa shape index (κ1) is 17.3. The minimum atomic E-state index is -4.11. The van der Waals surface area contributed by atoms with Gasteiger partial charge in [0.15, 0.2) is 5.75 Å². The summed E-state index contributed by atoms with van der Waals surface area (Å²) in [6.07, 6.45) is 1.53. The average Bonchev–Trinajstić information content (AvgIpc) is 2.53. The Bertz CT molecular complexity index is 1050. The maximum absolute atomic E-state index is 12.6. The maximum Gasteiger partial charge on any atom is 0.339 e. The van der Waals surface area contributed by atoms with Crippen molar-refractivity contribution in [2.75, 3.05) is 0 Å². The van der Waals surface area contributed by atoms with Crippen molar-refractivity contribution < 1.29 is 12.6 Å². The summed E-state index contributed by atoms with van der Waals surface area (Å²) >= 11 is 17.9. The lowest BCUT2D eigenvalue weighted by Crippen LogP contribution is -2.12. The highest BCUT2D eigenvalue weighted by molar-refractivity contribution is 7.87. The Labute approximate surface area is 154 Å². The fourth-order valence-electron chi connectivity index (χ4n) is 2.24. The van der Waals surface area contributed by atoms with Gasteiger partial charge in [-0.15, -0.1) is 0 Å². The number of pyridine rings is 1. The molecule has 0 unspecified atom stereocenters. The third-order valence-corrected chi connectivity index (χ3v) is 5.80. The fraction of sp³-hybridized carbons (Fsp3) is 0.0625. The Hall–Kier alpha value is -1.53. The number of halogens is 3. The minimum Gasteiger partial charge on any atom is -0.377 e. The van der Waals surface area contributed by atoms with Gasteiger partial charge in [-0.05, 0) is 48.9 Å². The van der Waals surface area contributed by atoms with E-state index < -0.39 is 10.1 Å². The minimum absolute atomic E-state index is 0.0593. The van der Waals surface area contributed by atoms with E-state index in [9.17, 15) is 8.42 Å². The molecule has 0 spiro atoms. The van der Waals surface area contributed by atoms with Crippen molar-refractivity contribution in [1.29, 1.82) is 0 Å². The molecule has 0 saturated carbocycles. The van der Waals surface area contributed by atoms with E-state index >= 15 is 0 Å². The molecule has 0 radical (unpaired) electrons. The van der Waals surface area contributed by atoms with Gasteiger partial charge < -0.3 is 4.18 Å². The molecule has 0 fully saturated rings. The maximum atomic E-state index is 12.6. The van der Waals surface area contributed by atoms with Crippen LogP contribution in [0.1, 0.15) is 5.56 Å². The van der Waals surface area contributed by atoms with Crippen LogP contribution in [0.25, 0.3) is 10.9 Å². The van der Waals surface area contributed by atoms with Gasteiger partial charge in [-0.3, -0.25) is 4.98 Å². The molecular formula is C16H10Cl3NO3S. The molecule has 3 rings (SSSR count). The van der Waals surface area contributed by atoms with Crippen LogP contribution in [0, 0.1) is 6.92 Å². The number of benzene rings is 2. The molecule has 1 aromatic heterocycles. The van der Waals surface area contributed by atoms with Gasteiger partial charge in [0.25, 0.3) is 0 Å². The highest BCUT2D eigenvalue weighted by Gasteiger charge is 2.22. The van der Waals surface area contributed by atoms with Crippen LogP contribution in [0.3, 0.4) is 0 Å². The lowest BCUT2D eigenvalue weighted by molar-refractivity contribution is 0.487. The summed E-state index contributed by atoms with van der Waals surface area (Å²) in [5.74, 6) is 0.0838. The lowest BCUT2D eigenvalue weighted by Gasteiger charge is -2.12. The van der Waals surface area contributed by atoms with Gasteiger partial charge in [0.2, 0.25) is 0 Å². The number of hydrogen-bond acceptors (Lipinski definition) is 4. The van der Waals surface area contributed by atoms with Crippen LogP contribution < -0.4 is 4.18 Å². The van der Waals surface area contributed by atoms with Crippen molar-refractivity contribution in [2.45, 2.75) is 11.8 Å². The second-order valence-electron chi connectivity index (χ2n) is 5.01. The first-order valence-electron chi connectivity index (χ1n) is 6.73. The molecule has 0 N–H and O–H groups in total. The monoisotopic (exact) mass is 401 g/mol. The fourth-order valence-corrected chi connectivity index (χ4v) is 4.08. The molecule has 124 valence electrons. The molecule has 24 heavy (non-hydrogen) atoms. The molecule has 0 aliphatic carbocycles. The van der Waals surface area contributed by atoms with E-state index in [1.54, 1.807) is 25.1 Å². The first-order valence-corrected chi connectivity index (χ1v) is 9.27. The number of fused-ring (bicyclic) bond motifs is 1. The molecular weight excluding hydrogens is 393 g/mol. The van der Waals surface area contributed by atoms with Crippen molar-refractivity contribution >= 4 is 55.8 Å². The molecule has 0 atom stereocenters. The van der Waals surface area contributed by atoms with E-state index in [4.69, 9.17) is 39.0 Å². The molecule has 3 aromatic rings. The molecule has 0 saturated heterocycles. The van der Waals surface area contributed by atoms with E-state index in [-0.39, 0.29) is 20.7 Å². The summed E-state index contributed by atoms with van der Waals surface area (Å²) in [5, 5.41) is 1.45. The lowest BCUT2D eigenvalue weighted by atomic mass is 10.2. The Balaban J connectivity index is 2.12. The van der Waals surface area contributed by atoms with Gasteiger partial charge in [0.1, 0.15) is 10.4 Å². The van der Waals surface area contributed by atoms with Gasteiger partial charge in [-0.1, -0.05) is 34.8 Å². The third-order valence-electron chi connectivity index (χ3n) is 3.37. The zero-order chi connectivity index (χ0) is 17.5. The smallest absolute Gasteiger partial charge is 0.339 e. The summed E-state index contributed by atoms with van der Waals surface area (Å²) in [6.45, 7) is 1.61. The van der Waals surface area contributed by atoms with Gasteiger partial charge >= 0.3 is 10.1 Å². The van der Waals surface area contributed by atoms with Crippen LogP contribution in [0.15, 0.2) is 47.5 Å². The number of nitrogens with zero attached hydrogens (tertiary/aromatic N) is 1. The summed E-state index contributed by atoms with van der Waals surface area (Å²) < 4.78 is 30.5. The molecule has 8 heteroatoms. The van der Waals surface area contributed by atoms with Crippen LogP contribution >= 0.6 is 34.8 Å². The molecule has 4 nitrogen and oxygen atoms in total. The van der Waals surface area contributed by atoms with Crippen molar-refractivity contribution in [3.63, 3.8) is 0 Å². The highest BCUT2D eigenvalue weighted by Crippen LogP contribution is 2.33. The molecule has 0 bridgehead atoms. The van der Waals surface area contributed by atoms with E-state index in [1.807, 2.05) is 0 Å². The second-order valence-corrected chi connectivity index (χ2v) is 7.75. The van der Waals surface area contributed by atoms with Crippen molar-refractivity contribution in [3.05, 3.63) is 63.2 Å². The summed E-state index contributed by atoms with van der Waals surface area (Å²) in [6, 6.07) is 9.18. The molecule has 2 aromatic carbocycles. The van der Waals surface area contributed by atoms with Crippen LogP contribution in [-0.4, -0.2) is 13.4 Å². The van der Waals surface area contributed by atoms with Crippen LogP contribution in [0.5, 0.6) is 5.75 Å². The van der Waals surface area contributed by atoms with E-state index in [1.165, 1.54) is 24.4 Å². The summed E-state index contributed by atoms with van der Waals surface area (Å²) in [4.78, 5) is 4.09. The first-order chi connectivity index (χ1) is 11.3. The Morgan fingerprint density at radius 3 is 2.46 bits per heavy atom. The number of aryl methyl sites for hydroxylation is 1. The van der Waals surface area contributed by atoms with Crippen molar-refractivity contribution in [2.24, 2.45) is 0 Å². The zero-order valence-corrected chi connectivity index (χ0v) is 15.3. The molecule has 0 amide bonds. The summed E-state index contributed by atoms with van der Waals surface area (Å²) in [5.41, 5.74) is 0.780. The standard InChI is InChI=1S/C16H10Cl3NO3S/c1-9-7-12(18)13(19)8-15(9)24(21,22)23-14-5-4-11(17)10-3-2-6-20-16(10)14/h2-8H,1H3.